The van der Waals surface area contributed by atoms with E-state index in [1.807, 2.05) is 50.2 Å². The van der Waals surface area contributed by atoms with Gasteiger partial charge in [-0.3, -0.25) is 4.79 Å². The smallest absolute Gasteiger partial charge is 0.244 e. The number of nitrogens with one attached hydrogen (secondary N) is 1. The highest BCUT2D eigenvalue weighted by atomic mass is 79.9. The molecule has 0 saturated carbocycles. The van der Waals surface area contributed by atoms with Crippen LogP contribution in [0.15, 0.2) is 70.0 Å². The minimum atomic E-state index is -3.96. The van der Waals surface area contributed by atoms with Gasteiger partial charge in [-0.2, -0.15) is 4.31 Å². The van der Waals surface area contributed by atoms with Crippen LogP contribution in [0, 0.1) is 20.8 Å². The van der Waals surface area contributed by atoms with Crippen molar-refractivity contribution in [3.63, 3.8) is 0 Å². The van der Waals surface area contributed by atoms with Gasteiger partial charge in [0.25, 0.3) is 0 Å². The van der Waals surface area contributed by atoms with Gasteiger partial charge in [0.1, 0.15) is 0 Å². The van der Waals surface area contributed by atoms with Crippen LogP contribution < -0.4 is 5.32 Å². The molecule has 3 rings (SSSR count). The van der Waals surface area contributed by atoms with Gasteiger partial charge in [-0.05, 0) is 74.2 Å². The molecule has 0 unspecified atom stereocenters. The topological polar surface area (TPSA) is 66.5 Å². The number of rotatable bonds is 8. The summed E-state index contributed by atoms with van der Waals surface area (Å²) in [4.78, 5) is 13.3. The molecule has 0 fully saturated rings. The number of hydrogen-bond donors (Lipinski definition) is 1. The Balaban J connectivity index is 1.92. The third-order valence-corrected chi connectivity index (χ3v) is 8.36. The largest absolute Gasteiger partial charge is 0.348 e. The van der Waals surface area contributed by atoms with Gasteiger partial charge in [0.2, 0.25) is 15.9 Å². The van der Waals surface area contributed by atoms with Crippen LogP contribution in [0.4, 0.5) is 0 Å². The number of nitrogens with zero attached hydrogens (tertiary/aromatic N) is 1. The Morgan fingerprint density at radius 1 is 1.03 bits per heavy atom. The van der Waals surface area contributed by atoms with Crippen LogP contribution in [0.25, 0.3) is 0 Å². The SMILES string of the molecule is Cc1cc(C)c(S(=O)(=O)N(CC(=O)N[C@@H](C)c2cccc(Br)c2)Cc2ccc(Cl)cc2)c(C)c1. The Morgan fingerprint density at radius 3 is 2.24 bits per heavy atom. The third-order valence-electron chi connectivity index (χ3n) is 5.52. The third kappa shape index (κ3) is 6.48. The van der Waals surface area contributed by atoms with Crippen molar-refractivity contribution >= 4 is 43.5 Å². The average Bonchev–Trinajstić information content (AvgIpc) is 2.73. The van der Waals surface area contributed by atoms with E-state index in [1.54, 1.807) is 38.1 Å². The van der Waals surface area contributed by atoms with E-state index in [1.165, 1.54) is 4.31 Å². The molecule has 3 aromatic rings. The molecule has 0 saturated heterocycles. The fraction of sp³-hybridized carbons (Fsp3) is 0.269. The number of carbonyl (C=O) groups excluding carboxylic acids is 1. The molecule has 180 valence electrons. The molecule has 1 amide bonds. The van der Waals surface area contributed by atoms with Crippen LogP contribution in [-0.4, -0.2) is 25.2 Å². The zero-order valence-electron chi connectivity index (χ0n) is 19.6. The molecule has 34 heavy (non-hydrogen) atoms. The quantitative estimate of drug-likeness (QED) is 0.360. The summed E-state index contributed by atoms with van der Waals surface area (Å²) in [6.45, 7) is 7.09. The minimum Gasteiger partial charge on any atom is -0.348 e. The highest BCUT2D eigenvalue weighted by molar-refractivity contribution is 9.10. The van der Waals surface area contributed by atoms with Crippen LogP contribution >= 0.6 is 27.5 Å². The average molecular weight is 564 g/mol. The van der Waals surface area contributed by atoms with E-state index in [4.69, 9.17) is 11.6 Å². The summed E-state index contributed by atoms with van der Waals surface area (Å²) in [6.07, 6.45) is 0. The normalized spacial score (nSPS) is 12.6. The molecule has 5 nitrogen and oxygen atoms in total. The summed E-state index contributed by atoms with van der Waals surface area (Å²) >= 11 is 9.44. The summed E-state index contributed by atoms with van der Waals surface area (Å²) in [5, 5.41) is 3.48. The number of benzene rings is 3. The summed E-state index contributed by atoms with van der Waals surface area (Å²) in [7, 11) is -3.96. The lowest BCUT2D eigenvalue weighted by atomic mass is 10.1. The monoisotopic (exact) mass is 562 g/mol. The first kappa shape index (κ1) is 26.4. The van der Waals surface area contributed by atoms with Crippen molar-refractivity contribution in [2.24, 2.45) is 0 Å². The van der Waals surface area contributed by atoms with Gasteiger partial charge in [-0.25, -0.2) is 8.42 Å². The lowest BCUT2D eigenvalue weighted by Crippen LogP contribution is -2.41. The second-order valence-corrected chi connectivity index (χ2v) is 11.7. The van der Waals surface area contributed by atoms with Crippen LogP contribution in [0.1, 0.15) is 40.8 Å². The second kappa shape index (κ2) is 11.0. The van der Waals surface area contributed by atoms with Crippen molar-refractivity contribution in [2.45, 2.75) is 45.2 Å². The summed E-state index contributed by atoms with van der Waals surface area (Å²) in [6, 6.07) is 18.0. The molecule has 3 aromatic carbocycles. The molecule has 1 N–H and O–H groups in total. The van der Waals surface area contributed by atoms with Gasteiger partial charge in [0.05, 0.1) is 17.5 Å². The maximum absolute atomic E-state index is 13.8. The van der Waals surface area contributed by atoms with Crippen molar-refractivity contribution in [3.05, 3.63) is 98.0 Å². The molecule has 0 spiro atoms. The molecular weight excluding hydrogens is 536 g/mol. The van der Waals surface area contributed by atoms with E-state index in [0.717, 1.165) is 21.2 Å². The van der Waals surface area contributed by atoms with Crippen LogP contribution in [0.3, 0.4) is 0 Å². The Morgan fingerprint density at radius 2 is 1.65 bits per heavy atom. The van der Waals surface area contributed by atoms with Gasteiger partial charge in [-0.1, -0.05) is 69.5 Å². The number of aryl methyl sites for hydroxylation is 3. The number of carbonyl (C=O) groups is 1. The second-order valence-electron chi connectivity index (χ2n) is 8.47. The predicted molar refractivity (Wildman–Crippen MR) is 140 cm³/mol. The van der Waals surface area contributed by atoms with Crippen LogP contribution in [0.5, 0.6) is 0 Å². The lowest BCUT2D eigenvalue weighted by molar-refractivity contribution is -0.122. The lowest BCUT2D eigenvalue weighted by Gasteiger charge is -2.25. The number of halogens is 2. The molecule has 0 aliphatic rings. The van der Waals surface area contributed by atoms with E-state index in [0.29, 0.717) is 16.1 Å². The Kier molecular flexibility index (Phi) is 8.57. The van der Waals surface area contributed by atoms with E-state index >= 15 is 0 Å². The molecule has 0 aliphatic heterocycles. The molecular formula is C26H28BrClN2O3S. The molecule has 0 bridgehead atoms. The van der Waals surface area contributed by atoms with Crippen molar-refractivity contribution < 1.29 is 13.2 Å². The molecule has 8 heteroatoms. The van der Waals surface area contributed by atoms with Gasteiger partial charge >= 0.3 is 0 Å². The number of amides is 1. The Hall–Kier alpha value is -2.19. The Bertz CT molecular complexity index is 1270. The van der Waals surface area contributed by atoms with Gasteiger partial charge < -0.3 is 5.32 Å². The van der Waals surface area contributed by atoms with Crippen LogP contribution in [-0.2, 0) is 21.4 Å². The maximum atomic E-state index is 13.8. The fourth-order valence-corrected chi connectivity index (χ4v) is 6.37. The van der Waals surface area contributed by atoms with Gasteiger partial charge in [0, 0.05) is 16.0 Å². The number of hydrogen-bond acceptors (Lipinski definition) is 3. The standard InChI is InChI=1S/C26H28BrClN2O3S/c1-17-12-18(2)26(19(3)13-17)34(32,33)30(15-21-8-10-24(28)11-9-21)16-25(31)29-20(4)22-6-5-7-23(27)14-22/h5-14,20H,15-16H2,1-4H3,(H,29,31)/t20-/m0/s1. The minimum absolute atomic E-state index is 0.0466. The van der Waals surface area contributed by atoms with Gasteiger partial charge in [-0.15, -0.1) is 0 Å². The van der Waals surface area contributed by atoms with E-state index in [-0.39, 0.29) is 29.9 Å². The first-order valence-electron chi connectivity index (χ1n) is 10.8. The summed E-state index contributed by atoms with van der Waals surface area (Å²) in [5.41, 5.74) is 3.95. The van der Waals surface area contributed by atoms with Gasteiger partial charge in [0.15, 0.2) is 0 Å². The molecule has 0 aliphatic carbocycles. The van der Waals surface area contributed by atoms with Crippen molar-refractivity contribution in [3.8, 4) is 0 Å². The maximum Gasteiger partial charge on any atom is 0.244 e. The molecule has 0 aromatic heterocycles. The fourth-order valence-electron chi connectivity index (χ4n) is 4.03. The molecule has 0 radical (unpaired) electrons. The summed E-state index contributed by atoms with van der Waals surface area (Å²) in [5.74, 6) is -0.382. The van der Waals surface area contributed by atoms with E-state index in [2.05, 4.69) is 21.2 Å². The molecule has 0 heterocycles. The van der Waals surface area contributed by atoms with E-state index in [9.17, 15) is 13.2 Å². The van der Waals surface area contributed by atoms with E-state index < -0.39 is 10.0 Å². The first-order valence-corrected chi connectivity index (χ1v) is 13.5. The zero-order chi connectivity index (χ0) is 25.0. The van der Waals surface area contributed by atoms with Crippen molar-refractivity contribution in [1.82, 2.24) is 9.62 Å². The van der Waals surface area contributed by atoms with Crippen molar-refractivity contribution in [2.75, 3.05) is 6.54 Å². The first-order chi connectivity index (χ1) is 16.0. The predicted octanol–water partition coefficient (Wildman–Crippen LogP) is 6.10. The summed E-state index contributed by atoms with van der Waals surface area (Å²) < 4.78 is 29.7. The molecule has 1 atom stereocenters. The highest BCUT2D eigenvalue weighted by Crippen LogP contribution is 2.27. The highest BCUT2D eigenvalue weighted by Gasteiger charge is 2.30. The Labute approximate surface area is 215 Å². The number of sulfonamides is 1. The zero-order valence-corrected chi connectivity index (χ0v) is 22.8. The van der Waals surface area contributed by atoms with Crippen LogP contribution in [0.2, 0.25) is 5.02 Å². The van der Waals surface area contributed by atoms with Crippen molar-refractivity contribution in [1.29, 1.82) is 0 Å².